The maximum atomic E-state index is 11.0. The fourth-order valence-electron chi connectivity index (χ4n) is 2.76. The van der Waals surface area contributed by atoms with Crippen LogP contribution in [0.2, 0.25) is 5.15 Å². The molecule has 1 aliphatic rings. The van der Waals surface area contributed by atoms with Gasteiger partial charge in [-0.1, -0.05) is 11.6 Å². The second-order valence-corrected chi connectivity index (χ2v) is 6.08. The molecule has 0 unspecified atom stereocenters. The number of aromatic nitrogens is 4. The molecule has 0 spiro atoms. The van der Waals surface area contributed by atoms with Gasteiger partial charge in [0.25, 0.3) is 0 Å². The van der Waals surface area contributed by atoms with Crippen molar-refractivity contribution >= 4 is 23.5 Å². The maximum Gasteiger partial charge on any atom is 0.302 e. The van der Waals surface area contributed by atoms with E-state index >= 15 is 0 Å². The van der Waals surface area contributed by atoms with Gasteiger partial charge < -0.3 is 10.1 Å². The fourth-order valence-corrected chi connectivity index (χ4v) is 2.89. The molecule has 0 atom stereocenters. The number of halogens is 1. The first kappa shape index (κ1) is 16.6. The van der Waals surface area contributed by atoms with Gasteiger partial charge in [0.2, 0.25) is 5.95 Å². The standard InChI is InChI=1S/C16H18ClN5O2/c1-10(23)24-12-4-2-11(3-5-12)20-16-19-8-6-13(21-16)15-18-9-7-14(17)22-15/h6-9,11-12H,2-5H2,1H3,(H,19,20,21). The molecule has 1 aliphatic carbocycles. The Morgan fingerprint density at radius 1 is 1.17 bits per heavy atom. The molecule has 0 aliphatic heterocycles. The topological polar surface area (TPSA) is 89.9 Å². The van der Waals surface area contributed by atoms with E-state index in [0.29, 0.717) is 22.6 Å². The third-order valence-electron chi connectivity index (χ3n) is 3.85. The maximum absolute atomic E-state index is 11.0. The second-order valence-electron chi connectivity index (χ2n) is 5.70. The highest BCUT2D eigenvalue weighted by Gasteiger charge is 2.23. The lowest BCUT2D eigenvalue weighted by atomic mass is 9.93. The summed E-state index contributed by atoms with van der Waals surface area (Å²) in [7, 11) is 0. The van der Waals surface area contributed by atoms with Crippen LogP contribution in [0.5, 0.6) is 0 Å². The molecule has 126 valence electrons. The molecule has 0 amide bonds. The molecule has 2 aromatic heterocycles. The number of esters is 1. The molecule has 3 rings (SSSR count). The summed E-state index contributed by atoms with van der Waals surface area (Å²) in [5.41, 5.74) is 0.614. The largest absolute Gasteiger partial charge is 0.463 e. The van der Waals surface area contributed by atoms with Gasteiger partial charge in [0.1, 0.15) is 17.0 Å². The smallest absolute Gasteiger partial charge is 0.302 e. The molecule has 8 heteroatoms. The average Bonchev–Trinajstić information content (AvgIpc) is 2.56. The van der Waals surface area contributed by atoms with Gasteiger partial charge in [0.05, 0.1) is 0 Å². The summed E-state index contributed by atoms with van der Waals surface area (Å²) in [6.07, 6.45) is 6.77. The van der Waals surface area contributed by atoms with Gasteiger partial charge in [0.15, 0.2) is 5.82 Å². The summed E-state index contributed by atoms with van der Waals surface area (Å²) in [6.45, 7) is 1.45. The summed E-state index contributed by atoms with van der Waals surface area (Å²) >= 11 is 5.89. The zero-order valence-corrected chi connectivity index (χ0v) is 14.0. The zero-order chi connectivity index (χ0) is 16.9. The Morgan fingerprint density at radius 3 is 2.62 bits per heavy atom. The SMILES string of the molecule is CC(=O)OC1CCC(Nc2nccc(-c3nccc(Cl)n3)n2)CC1. The van der Waals surface area contributed by atoms with Gasteiger partial charge >= 0.3 is 5.97 Å². The number of nitrogens with zero attached hydrogens (tertiary/aromatic N) is 4. The molecule has 1 saturated carbocycles. The van der Waals surface area contributed by atoms with Gasteiger partial charge in [-0.2, -0.15) is 0 Å². The summed E-state index contributed by atoms with van der Waals surface area (Å²) in [6, 6.07) is 3.62. The number of carbonyl (C=O) groups excluding carboxylic acids is 1. The van der Waals surface area contributed by atoms with Crippen molar-refractivity contribution in [2.45, 2.75) is 44.8 Å². The van der Waals surface area contributed by atoms with Crippen LogP contribution in [0.4, 0.5) is 5.95 Å². The minimum Gasteiger partial charge on any atom is -0.463 e. The minimum absolute atomic E-state index is 0.0210. The van der Waals surface area contributed by atoms with Gasteiger partial charge in [-0.25, -0.2) is 19.9 Å². The molecule has 2 heterocycles. The van der Waals surface area contributed by atoms with Crippen molar-refractivity contribution in [3.8, 4) is 11.5 Å². The number of hydrogen-bond acceptors (Lipinski definition) is 7. The lowest BCUT2D eigenvalue weighted by molar-refractivity contribution is -0.147. The Kier molecular flexibility index (Phi) is 5.20. The number of ether oxygens (including phenoxy) is 1. The molecular weight excluding hydrogens is 330 g/mol. The van der Waals surface area contributed by atoms with Gasteiger partial charge in [-0.15, -0.1) is 0 Å². The van der Waals surface area contributed by atoms with Crippen molar-refractivity contribution in [2.75, 3.05) is 5.32 Å². The molecule has 24 heavy (non-hydrogen) atoms. The van der Waals surface area contributed by atoms with Crippen molar-refractivity contribution in [1.82, 2.24) is 19.9 Å². The van der Waals surface area contributed by atoms with E-state index in [-0.39, 0.29) is 18.1 Å². The van der Waals surface area contributed by atoms with Crippen LogP contribution >= 0.6 is 11.6 Å². The molecule has 2 aromatic rings. The third kappa shape index (κ3) is 4.38. The molecule has 7 nitrogen and oxygen atoms in total. The van der Waals surface area contributed by atoms with E-state index in [1.807, 2.05) is 0 Å². The highest BCUT2D eigenvalue weighted by Crippen LogP contribution is 2.24. The summed E-state index contributed by atoms with van der Waals surface area (Å²) in [5.74, 6) is 0.780. The number of anilines is 1. The average molecular weight is 348 g/mol. The monoisotopic (exact) mass is 347 g/mol. The Labute approximate surface area is 144 Å². The van der Waals surface area contributed by atoms with Crippen molar-refractivity contribution in [3.05, 3.63) is 29.7 Å². The summed E-state index contributed by atoms with van der Waals surface area (Å²) < 4.78 is 5.25. The van der Waals surface area contributed by atoms with Crippen LogP contribution < -0.4 is 5.32 Å². The zero-order valence-electron chi connectivity index (χ0n) is 13.3. The van der Waals surface area contributed by atoms with Crippen molar-refractivity contribution in [2.24, 2.45) is 0 Å². The number of rotatable bonds is 4. The molecule has 0 radical (unpaired) electrons. The molecular formula is C16H18ClN5O2. The van der Waals surface area contributed by atoms with Crippen LogP contribution in [0.25, 0.3) is 11.5 Å². The molecule has 0 aromatic carbocycles. The van der Waals surface area contributed by atoms with Crippen LogP contribution in [0.15, 0.2) is 24.5 Å². The molecule has 0 saturated heterocycles. The van der Waals surface area contributed by atoms with Crippen LogP contribution in [0.3, 0.4) is 0 Å². The lowest BCUT2D eigenvalue weighted by Gasteiger charge is -2.28. The quantitative estimate of drug-likeness (QED) is 0.671. The molecule has 1 fully saturated rings. The van der Waals surface area contributed by atoms with Crippen LogP contribution in [-0.4, -0.2) is 38.1 Å². The number of hydrogen-bond donors (Lipinski definition) is 1. The number of nitrogens with one attached hydrogen (secondary N) is 1. The highest BCUT2D eigenvalue weighted by molar-refractivity contribution is 6.29. The normalized spacial score (nSPS) is 20.4. The lowest BCUT2D eigenvalue weighted by Crippen LogP contribution is -2.31. The minimum atomic E-state index is -0.219. The fraction of sp³-hybridized carbons (Fsp3) is 0.438. The van der Waals surface area contributed by atoms with E-state index < -0.39 is 0 Å². The number of carbonyl (C=O) groups is 1. The first-order valence-electron chi connectivity index (χ1n) is 7.86. The molecule has 0 bridgehead atoms. The van der Waals surface area contributed by atoms with Crippen molar-refractivity contribution in [1.29, 1.82) is 0 Å². The highest BCUT2D eigenvalue weighted by atomic mass is 35.5. The van der Waals surface area contributed by atoms with E-state index in [0.717, 1.165) is 25.7 Å². The predicted molar refractivity (Wildman–Crippen MR) is 89.5 cm³/mol. The van der Waals surface area contributed by atoms with Gasteiger partial charge in [0, 0.05) is 25.4 Å². The van der Waals surface area contributed by atoms with Crippen molar-refractivity contribution < 1.29 is 9.53 Å². The Balaban J connectivity index is 1.62. The van der Waals surface area contributed by atoms with Crippen LogP contribution in [-0.2, 0) is 9.53 Å². The Bertz CT molecular complexity index is 719. The van der Waals surface area contributed by atoms with E-state index in [1.165, 1.54) is 6.92 Å². The van der Waals surface area contributed by atoms with E-state index in [2.05, 4.69) is 25.3 Å². The van der Waals surface area contributed by atoms with Gasteiger partial charge in [-0.05, 0) is 37.8 Å². The summed E-state index contributed by atoms with van der Waals surface area (Å²) in [4.78, 5) is 28.0. The van der Waals surface area contributed by atoms with Gasteiger partial charge in [-0.3, -0.25) is 4.79 Å². The van der Waals surface area contributed by atoms with Crippen LogP contribution in [0, 0.1) is 0 Å². The third-order valence-corrected chi connectivity index (χ3v) is 4.06. The van der Waals surface area contributed by atoms with Crippen LogP contribution in [0.1, 0.15) is 32.6 Å². The Hall–Kier alpha value is -2.28. The van der Waals surface area contributed by atoms with E-state index in [4.69, 9.17) is 16.3 Å². The van der Waals surface area contributed by atoms with Crippen molar-refractivity contribution in [3.63, 3.8) is 0 Å². The Morgan fingerprint density at radius 2 is 1.92 bits per heavy atom. The van der Waals surface area contributed by atoms with E-state index in [9.17, 15) is 4.79 Å². The first-order chi connectivity index (χ1) is 11.6. The second kappa shape index (κ2) is 7.53. The molecule has 1 N–H and O–H groups in total. The summed E-state index contributed by atoms with van der Waals surface area (Å²) in [5, 5.41) is 3.70. The predicted octanol–water partition coefficient (Wildman–Crippen LogP) is 2.87. The first-order valence-corrected chi connectivity index (χ1v) is 8.23. The van der Waals surface area contributed by atoms with E-state index in [1.54, 1.807) is 24.5 Å².